The van der Waals surface area contributed by atoms with Gasteiger partial charge in [-0.3, -0.25) is 0 Å². The first-order valence-corrected chi connectivity index (χ1v) is 10.3. The number of ether oxygens (including phenoxy) is 1. The summed E-state index contributed by atoms with van der Waals surface area (Å²) in [6.45, 7) is 3.45. The number of hydrogen-bond donors (Lipinski definition) is 1. The molecule has 0 spiro atoms. The minimum Gasteiger partial charge on any atom is -0.381 e. The fourth-order valence-electron chi connectivity index (χ4n) is 3.76. The van der Waals surface area contributed by atoms with E-state index in [1.807, 2.05) is 0 Å². The molecule has 2 fully saturated rings. The van der Waals surface area contributed by atoms with Crippen molar-refractivity contribution in [2.45, 2.75) is 76.8 Å². The third kappa shape index (κ3) is 4.91. The zero-order valence-corrected chi connectivity index (χ0v) is 14.9. The normalized spacial score (nSPS) is 23.8. The Balaban J connectivity index is 1.99. The van der Waals surface area contributed by atoms with Gasteiger partial charge in [-0.25, -0.2) is 0 Å². The molecule has 6 heteroatoms. The largest absolute Gasteiger partial charge is 0.381 e. The summed E-state index contributed by atoms with van der Waals surface area (Å²) in [6, 6.07) is 0.164. The van der Waals surface area contributed by atoms with E-state index in [-0.39, 0.29) is 12.1 Å². The molecule has 0 unspecified atom stereocenters. The van der Waals surface area contributed by atoms with Crippen LogP contribution in [0.5, 0.6) is 0 Å². The monoisotopic (exact) mass is 332 g/mol. The maximum absolute atomic E-state index is 12.7. The highest BCUT2D eigenvalue weighted by molar-refractivity contribution is 7.87. The van der Waals surface area contributed by atoms with Crippen LogP contribution in [-0.2, 0) is 14.9 Å². The van der Waals surface area contributed by atoms with Crippen LogP contribution in [0.4, 0.5) is 0 Å². The van der Waals surface area contributed by atoms with Gasteiger partial charge in [0.25, 0.3) is 10.2 Å². The van der Waals surface area contributed by atoms with E-state index in [2.05, 4.69) is 11.6 Å². The molecular formula is C16H32N2O3S. The summed E-state index contributed by atoms with van der Waals surface area (Å²) in [6.07, 6.45) is 9.63. The molecule has 5 nitrogen and oxygen atoms in total. The topological polar surface area (TPSA) is 58.6 Å². The fraction of sp³-hybridized carbons (Fsp3) is 1.00. The van der Waals surface area contributed by atoms with Crippen molar-refractivity contribution in [3.05, 3.63) is 0 Å². The van der Waals surface area contributed by atoms with Gasteiger partial charge < -0.3 is 4.74 Å². The quantitative estimate of drug-likeness (QED) is 0.780. The third-order valence-corrected chi connectivity index (χ3v) is 6.86. The molecule has 22 heavy (non-hydrogen) atoms. The molecule has 1 saturated carbocycles. The van der Waals surface area contributed by atoms with Crippen molar-refractivity contribution in [2.75, 3.05) is 20.3 Å². The van der Waals surface area contributed by atoms with Crippen molar-refractivity contribution in [3.63, 3.8) is 0 Å². The molecule has 1 aliphatic carbocycles. The van der Waals surface area contributed by atoms with Gasteiger partial charge in [-0.2, -0.15) is 17.4 Å². The summed E-state index contributed by atoms with van der Waals surface area (Å²) in [5.41, 5.74) is 0. The number of nitrogens with one attached hydrogen (secondary N) is 1. The van der Waals surface area contributed by atoms with E-state index in [0.29, 0.717) is 19.1 Å². The van der Waals surface area contributed by atoms with Crippen molar-refractivity contribution < 1.29 is 13.2 Å². The summed E-state index contributed by atoms with van der Waals surface area (Å²) >= 11 is 0. The zero-order valence-electron chi connectivity index (χ0n) is 14.1. The van der Waals surface area contributed by atoms with Crippen molar-refractivity contribution in [1.82, 2.24) is 9.03 Å². The Labute approximate surface area is 136 Å². The number of rotatable bonds is 7. The average Bonchev–Trinajstić information content (AvgIpc) is 2.55. The van der Waals surface area contributed by atoms with E-state index < -0.39 is 10.2 Å². The van der Waals surface area contributed by atoms with Crippen molar-refractivity contribution in [3.8, 4) is 0 Å². The second kappa shape index (κ2) is 8.62. The molecule has 0 aromatic heterocycles. The molecular weight excluding hydrogens is 300 g/mol. The van der Waals surface area contributed by atoms with Gasteiger partial charge >= 0.3 is 0 Å². The lowest BCUT2D eigenvalue weighted by atomic mass is 9.83. The summed E-state index contributed by atoms with van der Waals surface area (Å²) in [4.78, 5) is 0. The van der Waals surface area contributed by atoms with Crippen LogP contribution < -0.4 is 4.72 Å². The molecule has 2 aliphatic rings. The highest BCUT2D eigenvalue weighted by Gasteiger charge is 2.32. The van der Waals surface area contributed by atoms with Crippen molar-refractivity contribution >= 4 is 10.2 Å². The maximum atomic E-state index is 12.7. The van der Waals surface area contributed by atoms with Crippen LogP contribution in [0, 0.1) is 5.92 Å². The van der Waals surface area contributed by atoms with Gasteiger partial charge in [0.15, 0.2) is 0 Å². The highest BCUT2D eigenvalue weighted by atomic mass is 32.2. The fourth-order valence-corrected chi connectivity index (χ4v) is 5.22. The molecule has 0 aromatic rings. The number of nitrogens with zero attached hydrogens (tertiary/aromatic N) is 1. The van der Waals surface area contributed by atoms with E-state index in [9.17, 15) is 8.42 Å². The van der Waals surface area contributed by atoms with E-state index >= 15 is 0 Å². The van der Waals surface area contributed by atoms with Gasteiger partial charge in [0.05, 0.1) is 0 Å². The Morgan fingerprint density at radius 3 is 2.36 bits per heavy atom. The SMILES string of the molecule is CCC[C@H](NS(=O)(=O)N(C)C1CCOCC1)C1CCCCC1. The first kappa shape index (κ1) is 18.2. The predicted molar refractivity (Wildman–Crippen MR) is 88.9 cm³/mol. The highest BCUT2D eigenvalue weighted by Crippen LogP contribution is 2.29. The number of hydrogen-bond acceptors (Lipinski definition) is 3. The van der Waals surface area contributed by atoms with Gasteiger partial charge in [0.2, 0.25) is 0 Å². The molecule has 0 amide bonds. The van der Waals surface area contributed by atoms with Crippen LogP contribution in [0.3, 0.4) is 0 Å². The van der Waals surface area contributed by atoms with Crippen molar-refractivity contribution in [1.29, 1.82) is 0 Å². The van der Waals surface area contributed by atoms with Gasteiger partial charge in [0, 0.05) is 32.3 Å². The van der Waals surface area contributed by atoms with Crippen LogP contribution in [0.15, 0.2) is 0 Å². The maximum Gasteiger partial charge on any atom is 0.279 e. The molecule has 1 heterocycles. The van der Waals surface area contributed by atoms with Crippen LogP contribution in [-0.4, -0.2) is 45.1 Å². The van der Waals surface area contributed by atoms with Gasteiger partial charge in [-0.05, 0) is 38.0 Å². The average molecular weight is 333 g/mol. The van der Waals surface area contributed by atoms with E-state index in [0.717, 1.165) is 38.5 Å². The molecule has 2 rings (SSSR count). The van der Waals surface area contributed by atoms with E-state index in [4.69, 9.17) is 4.74 Å². The lowest BCUT2D eigenvalue weighted by molar-refractivity contribution is 0.0627. The Bertz CT molecular complexity index is 415. The molecule has 130 valence electrons. The summed E-state index contributed by atoms with van der Waals surface area (Å²) < 4.78 is 35.4. The third-order valence-electron chi connectivity index (χ3n) is 5.20. The second-order valence-electron chi connectivity index (χ2n) is 6.78. The Morgan fingerprint density at radius 2 is 1.77 bits per heavy atom. The van der Waals surface area contributed by atoms with Gasteiger partial charge in [-0.1, -0.05) is 32.6 Å². The Morgan fingerprint density at radius 1 is 1.14 bits per heavy atom. The first-order valence-electron chi connectivity index (χ1n) is 8.87. The molecule has 1 N–H and O–H groups in total. The summed E-state index contributed by atoms with van der Waals surface area (Å²) in [5.74, 6) is 0.506. The minimum atomic E-state index is -3.40. The summed E-state index contributed by atoms with van der Waals surface area (Å²) in [7, 11) is -1.69. The van der Waals surface area contributed by atoms with Crippen molar-refractivity contribution in [2.24, 2.45) is 5.92 Å². The second-order valence-corrected chi connectivity index (χ2v) is 8.54. The zero-order chi connectivity index (χ0) is 16.0. The Hall–Kier alpha value is -0.170. The van der Waals surface area contributed by atoms with Gasteiger partial charge in [-0.15, -0.1) is 0 Å². The molecule has 1 aliphatic heterocycles. The van der Waals surface area contributed by atoms with Crippen LogP contribution in [0.2, 0.25) is 0 Å². The molecule has 0 bridgehead atoms. The van der Waals surface area contributed by atoms with Gasteiger partial charge in [0.1, 0.15) is 0 Å². The van der Waals surface area contributed by atoms with Crippen LogP contribution in [0.1, 0.15) is 64.7 Å². The minimum absolute atomic E-state index is 0.0693. The lowest BCUT2D eigenvalue weighted by Crippen LogP contribution is -2.51. The molecule has 1 atom stereocenters. The van der Waals surface area contributed by atoms with E-state index in [1.54, 1.807) is 11.4 Å². The standard InChI is InChI=1S/C16H32N2O3S/c1-3-7-16(14-8-5-4-6-9-14)17-22(19,20)18(2)15-10-12-21-13-11-15/h14-17H,3-13H2,1-2H3/t16-/m0/s1. The molecule has 0 aromatic carbocycles. The molecule has 0 radical (unpaired) electrons. The predicted octanol–water partition coefficient (Wildman–Crippen LogP) is 2.68. The first-order chi connectivity index (χ1) is 10.5. The summed E-state index contributed by atoms with van der Waals surface area (Å²) in [5, 5.41) is 0. The molecule has 1 saturated heterocycles. The smallest absolute Gasteiger partial charge is 0.279 e. The Kier molecular flexibility index (Phi) is 7.12. The van der Waals surface area contributed by atoms with E-state index in [1.165, 1.54) is 19.3 Å². The van der Waals surface area contributed by atoms with Crippen LogP contribution >= 0.6 is 0 Å². The van der Waals surface area contributed by atoms with Crippen LogP contribution in [0.25, 0.3) is 0 Å². The lowest BCUT2D eigenvalue weighted by Gasteiger charge is -2.35.